The minimum Gasteiger partial charge on any atom is -0.362 e. The van der Waals surface area contributed by atoms with Crippen LogP contribution in [0.15, 0.2) is 12.3 Å². The van der Waals surface area contributed by atoms with E-state index in [2.05, 4.69) is 18.0 Å². The zero-order chi connectivity index (χ0) is 10.6. The van der Waals surface area contributed by atoms with Gasteiger partial charge in [-0.05, 0) is 18.1 Å². The van der Waals surface area contributed by atoms with Gasteiger partial charge >= 0.3 is 0 Å². The molecule has 1 aromatic rings. The quantitative estimate of drug-likeness (QED) is 0.789. The predicted molar refractivity (Wildman–Crippen MR) is 60.5 cm³/mol. The molecule has 14 heavy (non-hydrogen) atoms. The summed E-state index contributed by atoms with van der Waals surface area (Å²) in [6, 6.07) is 2.07. The number of nitrogens with zero attached hydrogens (tertiary/aromatic N) is 2. The summed E-state index contributed by atoms with van der Waals surface area (Å²) in [7, 11) is 3.99. The number of hydrogen-bond acceptors (Lipinski definition) is 3. The van der Waals surface area contributed by atoms with Crippen LogP contribution in [0.2, 0.25) is 0 Å². The van der Waals surface area contributed by atoms with Crippen molar-refractivity contribution in [1.29, 1.82) is 0 Å². The van der Waals surface area contributed by atoms with Crippen molar-refractivity contribution >= 4 is 5.82 Å². The van der Waals surface area contributed by atoms with Gasteiger partial charge in [-0.15, -0.1) is 0 Å². The fraction of sp³-hybridized carbons (Fsp3) is 0.545. The summed E-state index contributed by atoms with van der Waals surface area (Å²) in [5.74, 6) is 0.999. The molecule has 0 unspecified atom stereocenters. The first-order valence-corrected chi connectivity index (χ1v) is 5.04. The topological polar surface area (TPSA) is 42.2 Å². The van der Waals surface area contributed by atoms with Crippen molar-refractivity contribution < 1.29 is 0 Å². The Kier molecular flexibility index (Phi) is 3.89. The van der Waals surface area contributed by atoms with Crippen molar-refractivity contribution in [3.63, 3.8) is 0 Å². The van der Waals surface area contributed by atoms with E-state index in [1.54, 1.807) is 0 Å². The zero-order valence-corrected chi connectivity index (χ0v) is 9.25. The van der Waals surface area contributed by atoms with Crippen LogP contribution in [0, 0.1) is 0 Å². The lowest BCUT2D eigenvalue weighted by Crippen LogP contribution is -2.16. The Morgan fingerprint density at radius 3 is 2.64 bits per heavy atom. The van der Waals surface area contributed by atoms with E-state index in [-0.39, 0.29) is 0 Å². The number of aryl methyl sites for hydroxylation is 1. The molecule has 3 nitrogen and oxygen atoms in total. The van der Waals surface area contributed by atoms with Gasteiger partial charge in [0, 0.05) is 32.4 Å². The summed E-state index contributed by atoms with van der Waals surface area (Å²) < 4.78 is 0. The second kappa shape index (κ2) is 4.96. The van der Waals surface area contributed by atoms with Crippen LogP contribution in [-0.2, 0) is 13.0 Å². The van der Waals surface area contributed by atoms with Gasteiger partial charge in [0.2, 0.25) is 0 Å². The Bertz CT molecular complexity index is 295. The Morgan fingerprint density at radius 1 is 1.43 bits per heavy atom. The van der Waals surface area contributed by atoms with Gasteiger partial charge < -0.3 is 10.6 Å². The molecule has 0 saturated heterocycles. The standard InChI is InChI=1S/C11H19N3/c1-4-5-9-6-7-13-11(14(2)3)10(9)8-12/h6-7H,4-5,8,12H2,1-3H3. The highest BCUT2D eigenvalue weighted by Gasteiger charge is 2.08. The van der Waals surface area contributed by atoms with Crippen molar-refractivity contribution in [1.82, 2.24) is 4.98 Å². The minimum absolute atomic E-state index is 0.566. The lowest BCUT2D eigenvalue weighted by Gasteiger charge is -2.17. The maximum Gasteiger partial charge on any atom is 0.132 e. The summed E-state index contributed by atoms with van der Waals surface area (Å²) in [6.45, 7) is 2.74. The van der Waals surface area contributed by atoms with Crippen LogP contribution in [0.25, 0.3) is 0 Å². The summed E-state index contributed by atoms with van der Waals surface area (Å²) in [5, 5.41) is 0. The van der Waals surface area contributed by atoms with Gasteiger partial charge in [0.15, 0.2) is 0 Å². The highest BCUT2D eigenvalue weighted by molar-refractivity contribution is 5.49. The number of pyridine rings is 1. The Labute approximate surface area is 85.9 Å². The Hall–Kier alpha value is -1.09. The average molecular weight is 193 g/mol. The highest BCUT2D eigenvalue weighted by Crippen LogP contribution is 2.19. The molecule has 0 atom stereocenters. The molecule has 1 heterocycles. The molecule has 0 bridgehead atoms. The number of aromatic nitrogens is 1. The average Bonchev–Trinajstić information content (AvgIpc) is 2.18. The third kappa shape index (κ3) is 2.23. The first-order chi connectivity index (χ1) is 6.70. The van der Waals surface area contributed by atoms with E-state index in [1.807, 2.05) is 25.2 Å². The molecule has 0 fully saturated rings. The van der Waals surface area contributed by atoms with E-state index < -0.39 is 0 Å². The molecule has 0 radical (unpaired) electrons. The van der Waals surface area contributed by atoms with Gasteiger partial charge in [-0.25, -0.2) is 4.98 Å². The van der Waals surface area contributed by atoms with Crippen molar-refractivity contribution in [3.05, 3.63) is 23.4 Å². The summed E-state index contributed by atoms with van der Waals surface area (Å²) in [6.07, 6.45) is 4.08. The molecule has 3 heteroatoms. The van der Waals surface area contributed by atoms with Gasteiger partial charge in [0.1, 0.15) is 5.82 Å². The molecule has 0 spiro atoms. The fourth-order valence-electron chi connectivity index (χ4n) is 1.63. The lowest BCUT2D eigenvalue weighted by atomic mass is 10.0. The van der Waals surface area contributed by atoms with Crippen LogP contribution >= 0.6 is 0 Å². The third-order valence-corrected chi connectivity index (χ3v) is 2.28. The fourth-order valence-corrected chi connectivity index (χ4v) is 1.63. The minimum atomic E-state index is 0.566. The van der Waals surface area contributed by atoms with Crippen LogP contribution in [0.3, 0.4) is 0 Å². The van der Waals surface area contributed by atoms with Crippen molar-refractivity contribution in [3.8, 4) is 0 Å². The van der Waals surface area contributed by atoms with Crippen molar-refractivity contribution in [2.75, 3.05) is 19.0 Å². The van der Waals surface area contributed by atoms with E-state index >= 15 is 0 Å². The molecule has 2 N–H and O–H groups in total. The molecule has 0 aliphatic carbocycles. The zero-order valence-electron chi connectivity index (χ0n) is 9.25. The SMILES string of the molecule is CCCc1ccnc(N(C)C)c1CN. The summed E-state index contributed by atoms with van der Waals surface area (Å²) >= 11 is 0. The second-order valence-corrected chi connectivity index (χ2v) is 3.62. The number of rotatable bonds is 4. The Morgan fingerprint density at radius 2 is 2.14 bits per heavy atom. The van der Waals surface area contributed by atoms with E-state index in [0.29, 0.717) is 6.54 Å². The summed E-state index contributed by atoms with van der Waals surface area (Å²) in [5.41, 5.74) is 8.26. The van der Waals surface area contributed by atoms with E-state index in [9.17, 15) is 0 Å². The molecular formula is C11H19N3. The van der Waals surface area contributed by atoms with Gasteiger partial charge in [-0.3, -0.25) is 0 Å². The molecule has 78 valence electrons. The van der Waals surface area contributed by atoms with Crippen LogP contribution in [0.4, 0.5) is 5.82 Å². The monoisotopic (exact) mass is 193 g/mol. The number of hydrogen-bond donors (Lipinski definition) is 1. The van der Waals surface area contributed by atoms with Crippen LogP contribution in [-0.4, -0.2) is 19.1 Å². The van der Waals surface area contributed by atoms with Gasteiger partial charge in [-0.1, -0.05) is 13.3 Å². The molecule has 1 rings (SSSR count). The normalized spacial score (nSPS) is 10.3. The first kappa shape index (κ1) is 11.0. The third-order valence-electron chi connectivity index (χ3n) is 2.28. The highest BCUT2D eigenvalue weighted by atomic mass is 15.1. The second-order valence-electron chi connectivity index (χ2n) is 3.62. The van der Waals surface area contributed by atoms with Crippen molar-refractivity contribution in [2.24, 2.45) is 5.73 Å². The van der Waals surface area contributed by atoms with Crippen LogP contribution < -0.4 is 10.6 Å². The van der Waals surface area contributed by atoms with Crippen molar-refractivity contribution in [2.45, 2.75) is 26.3 Å². The summed E-state index contributed by atoms with van der Waals surface area (Å²) in [4.78, 5) is 6.35. The molecule has 0 aliphatic heterocycles. The predicted octanol–water partition coefficient (Wildman–Crippen LogP) is 1.56. The molecular weight excluding hydrogens is 174 g/mol. The Balaban J connectivity index is 3.11. The maximum absolute atomic E-state index is 5.75. The number of anilines is 1. The van der Waals surface area contributed by atoms with Crippen LogP contribution in [0.5, 0.6) is 0 Å². The molecule has 0 aliphatic rings. The van der Waals surface area contributed by atoms with Crippen LogP contribution in [0.1, 0.15) is 24.5 Å². The van der Waals surface area contributed by atoms with Gasteiger partial charge in [0.25, 0.3) is 0 Å². The molecule has 0 amide bonds. The molecule has 1 aromatic heterocycles. The molecule has 0 saturated carbocycles. The van der Waals surface area contributed by atoms with E-state index in [4.69, 9.17) is 5.73 Å². The largest absolute Gasteiger partial charge is 0.362 e. The van der Waals surface area contributed by atoms with E-state index in [1.165, 1.54) is 11.1 Å². The van der Waals surface area contributed by atoms with Gasteiger partial charge in [0.05, 0.1) is 0 Å². The number of nitrogens with two attached hydrogens (primary N) is 1. The van der Waals surface area contributed by atoms with E-state index in [0.717, 1.165) is 18.7 Å². The van der Waals surface area contributed by atoms with Gasteiger partial charge in [-0.2, -0.15) is 0 Å². The smallest absolute Gasteiger partial charge is 0.132 e. The molecule has 0 aromatic carbocycles. The maximum atomic E-state index is 5.75. The first-order valence-electron chi connectivity index (χ1n) is 5.04. The lowest BCUT2D eigenvalue weighted by molar-refractivity contribution is 0.876.